The normalized spacial score (nSPS) is 13.7. The Morgan fingerprint density at radius 3 is 2.42 bits per heavy atom. The van der Waals surface area contributed by atoms with Crippen molar-refractivity contribution in [3.05, 3.63) is 63.7 Å². The van der Waals surface area contributed by atoms with Crippen LogP contribution in [-0.4, -0.2) is 60.4 Å². The Morgan fingerprint density at radius 1 is 1.08 bits per heavy atom. The second-order valence-corrected chi connectivity index (χ2v) is 8.81. The Kier molecular flexibility index (Phi) is 8.99. The molecule has 0 aliphatic carbocycles. The van der Waals surface area contributed by atoms with E-state index in [-0.39, 0.29) is 17.2 Å². The van der Waals surface area contributed by atoms with Crippen molar-refractivity contribution >= 4 is 34.8 Å². The van der Waals surface area contributed by atoms with E-state index in [4.69, 9.17) is 4.74 Å². The number of benzene rings is 2. The number of esters is 1. The number of carbonyl (C=O) groups excluding carboxylic acids is 3. The largest absolute Gasteiger partial charge is 0.452 e. The molecule has 0 unspecified atom stereocenters. The van der Waals surface area contributed by atoms with Gasteiger partial charge in [-0.25, -0.2) is 4.79 Å². The van der Waals surface area contributed by atoms with Crippen molar-refractivity contribution in [1.82, 2.24) is 4.90 Å². The van der Waals surface area contributed by atoms with E-state index < -0.39 is 23.4 Å². The van der Waals surface area contributed by atoms with E-state index in [0.29, 0.717) is 49.0 Å². The fourth-order valence-corrected chi connectivity index (χ4v) is 4.15. The van der Waals surface area contributed by atoms with Gasteiger partial charge in [0.15, 0.2) is 6.61 Å². The van der Waals surface area contributed by atoms with Crippen molar-refractivity contribution in [2.45, 2.75) is 33.6 Å². The molecule has 2 aromatic rings. The van der Waals surface area contributed by atoms with Gasteiger partial charge in [0.2, 0.25) is 0 Å². The van der Waals surface area contributed by atoms with Crippen LogP contribution in [0.2, 0.25) is 0 Å². The summed E-state index contributed by atoms with van der Waals surface area (Å²) in [5.41, 5.74) is 1.13. The molecule has 1 N–H and O–H groups in total. The van der Waals surface area contributed by atoms with Gasteiger partial charge in [0.25, 0.3) is 17.5 Å². The van der Waals surface area contributed by atoms with Crippen molar-refractivity contribution in [3.8, 4) is 0 Å². The fraction of sp³-hybridized carbons (Fsp3) is 0.423. The average Bonchev–Trinajstić information content (AvgIpc) is 2.88. The van der Waals surface area contributed by atoms with Crippen molar-refractivity contribution in [2.24, 2.45) is 5.92 Å². The lowest BCUT2D eigenvalue weighted by atomic mass is 9.98. The average molecular weight is 497 g/mol. The van der Waals surface area contributed by atoms with Gasteiger partial charge in [0.1, 0.15) is 5.69 Å². The summed E-state index contributed by atoms with van der Waals surface area (Å²) in [7, 11) is 0. The molecule has 1 aliphatic rings. The predicted octanol–water partition coefficient (Wildman–Crippen LogP) is 4.11. The molecule has 0 bridgehead atoms. The zero-order valence-corrected chi connectivity index (χ0v) is 20.9. The fourth-order valence-electron chi connectivity index (χ4n) is 4.15. The quantitative estimate of drug-likeness (QED) is 0.315. The summed E-state index contributed by atoms with van der Waals surface area (Å²) in [5.74, 6) is -1.00. The van der Waals surface area contributed by atoms with E-state index in [2.05, 4.69) is 12.2 Å². The number of nitro benzene ring substituents is 1. The number of hydrogen-bond donors (Lipinski definition) is 1. The third-order valence-corrected chi connectivity index (χ3v) is 6.31. The number of nitrogens with zero attached hydrogens (tertiary/aromatic N) is 3. The third kappa shape index (κ3) is 6.59. The lowest BCUT2D eigenvalue weighted by molar-refractivity contribution is -0.384. The first kappa shape index (κ1) is 26.7. The molecule has 0 atom stereocenters. The summed E-state index contributed by atoms with van der Waals surface area (Å²) >= 11 is 0. The summed E-state index contributed by atoms with van der Waals surface area (Å²) in [5, 5.41) is 14.3. The van der Waals surface area contributed by atoms with Crippen LogP contribution in [0.5, 0.6) is 0 Å². The summed E-state index contributed by atoms with van der Waals surface area (Å²) < 4.78 is 5.08. The lowest BCUT2D eigenvalue weighted by Crippen LogP contribution is -2.33. The van der Waals surface area contributed by atoms with Crippen molar-refractivity contribution < 1.29 is 24.0 Å². The van der Waals surface area contributed by atoms with Crippen molar-refractivity contribution in [3.63, 3.8) is 0 Å². The van der Waals surface area contributed by atoms with E-state index in [1.165, 1.54) is 12.1 Å². The van der Waals surface area contributed by atoms with Crippen molar-refractivity contribution in [1.29, 1.82) is 0 Å². The molecule has 0 radical (unpaired) electrons. The zero-order chi connectivity index (χ0) is 26.2. The Labute approximate surface area is 210 Å². The molecule has 1 saturated heterocycles. The second-order valence-electron chi connectivity index (χ2n) is 8.81. The van der Waals surface area contributed by atoms with Crippen LogP contribution >= 0.6 is 0 Å². The van der Waals surface area contributed by atoms with Gasteiger partial charge in [-0.15, -0.1) is 0 Å². The maximum Gasteiger partial charge on any atom is 0.338 e. The Hall–Kier alpha value is -3.95. The monoisotopic (exact) mass is 496 g/mol. The molecule has 1 fully saturated rings. The number of ether oxygens (including phenoxy) is 1. The third-order valence-electron chi connectivity index (χ3n) is 6.31. The molecule has 1 heterocycles. The maximum atomic E-state index is 12.5. The summed E-state index contributed by atoms with van der Waals surface area (Å²) in [4.78, 5) is 52.1. The molecular weight excluding hydrogens is 464 g/mol. The molecule has 192 valence electrons. The van der Waals surface area contributed by atoms with Gasteiger partial charge in [-0.3, -0.25) is 19.7 Å². The molecule has 2 aromatic carbocycles. The number of amides is 2. The van der Waals surface area contributed by atoms with Crippen LogP contribution in [0.3, 0.4) is 0 Å². The predicted molar refractivity (Wildman–Crippen MR) is 136 cm³/mol. The SMILES string of the molecule is CCN(CC)C(=O)c1cccc(NC(=O)COC(=O)c2ccc(N3CCC(C)CC3)c([N+](=O)[O-])c2)c1. The molecule has 10 heteroatoms. The summed E-state index contributed by atoms with van der Waals surface area (Å²) in [6.45, 7) is 7.92. The summed E-state index contributed by atoms with van der Waals surface area (Å²) in [6.07, 6.45) is 1.89. The topological polar surface area (TPSA) is 122 Å². The first-order valence-corrected chi connectivity index (χ1v) is 12.1. The van der Waals surface area contributed by atoms with Gasteiger partial charge >= 0.3 is 5.97 Å². The minimum Gasteiger partial charge on any atom is -0.452 e. The number of nitro groups is 1. The lowest BCUT2D eigenvalue weighted by Gasteiger charge is -2.31. The molecule has 2 amide bonds. The van der Waals surface area contributed by atoms with E-state index in [1.807, 2.05) is 18.7 Å². The molecule has 10 nitrogen and oxygen atoms in total. The minimum absolute atomic E-state index is 0.00422. The highest BCUT2D eigenvalue weighted by Gasteiger charge is 2.25. The molecule has 0 aromatic heterocycles. The van der Waals surface area contributed by atoms with Crippen LogP contribution in [0.1, 0.15) is 54.3 Å². The summed E-state index contributed by atoms with van der Waals surface area (Å²) in [6, 6.07) is 10.7. The number of rotatable bonds is 9. The first-order valence-electron chi connectivity index (χ1n) is 12.1. The standard InChI is InChI=1S/C26H32N4O6/c1-4-28(5-2)25(32)19-7-6-8-21(15-19)27-24(31)17-36-26(33)20-9-10-22(23(16-20)30(34)35)29-13-11-18(3)12-14-29/h6-10,15-16,18H,4-5,11-14,17H2,1-3H3,(H,27,31). The Bertz CT molecular complexity index is 1120. The number of anilines is 2. The van der Waals surface area contributed by atoms with E-state index in [1.54, 1.807) is 35.2 Å². The Balaban J connectivity index is 1.62. The van der Waals surface area contributed by atoms with E-state index >= 15 is 0 Å². The van der Waals surface area contributed by atoms with Crippen LogP contribution in [0.4, 0.5) is 17.1 Å². The first-order chi connectivity index (χ1) is 17.2. The molecular formula is C26H32N4O6. The molecule has 36 heavy (non-hydrogen) atoms. The molecule has 3 rings (SSSR count). The highest BCUT2D eigenvalue weighted by molar-refractivity contribution is 5.98. The van der Waals surface area contributed by atoms with E-state index in [9.17, 15) is 24.5 Å². The van der Waals surface area contributed by atoms with Crippen LogP contribution in [0.25, 0.3) is 0 Å². The van der Waals surface area contributed by atoms with Gasteiger partial charge in [-0.1, -0.05) is 13.0 Å². The highest BCUT2D eigenvalue weighted by Crippen LogP contribution is 2.32. The van der Waals surface area contributed by atoms with Crippen LogP contribution < -0.4 is 10.2 Å². The van der Waals surface area contributed by atoms with Gasteiger partial charge in [0, 0.05) is 43.5 Å². The molecule has 1 aliphatic heterocycles. The number of piperidine rings is 1. The van der Waals surface area contributed by atoms with Crippen LogP contribution in [0.15, 0.2) is 42.5 Å². The van der Waals surface area contributed by atoms with E-state index in [0.717, 1.165) is 12.8 Å². The van der Waals surface area contributed by atoms with Gasteiger partial charge in [-0.2, -0.15) is 0 Å². The number of hydrogen-bond acceptors (Lipinski definition) is 7. The number of carbonyl (C=O) groups is 3. The van der Waals surface area contributed by atoms with Gasteiger partial charge in [-0.05, 0) is 62.9 Å². The Morgan fingerprint density at radius 2 is 1.78 bits per heavy atom. The minimum atomic E-state index is -0.836. The molecule has 0 spiro atoms. The maximum absolute atomic E-state index is 12.5. The highest BCUT2D eigenvalue weighted by atomic mass is 16.6. The van der Waals surface area contributed by atoms with Crippen molar-refractivity contribution in [2.75, 3.05) is 43.0 Å². The van der Waals surface area contributed by atoms with Crippen LogP contribution in [-0.2, 0) is 9.53 Å². The van der Waals surface area contributed by atoms with Gasteiger partial charge < -0.3 is 19.9 Å². The zero-order valence-electron chi connectivity index (χ0n) is 20.9. The smallest absolute Gasteiger partial charge is 0.338 e. The van der Waals surface area contributed by atoms with Crippen LogP contribution in [0, 0.1) is 16.0 Å². The number of nitrogens with one attached hydrogen (secondary N) is 1. The second kappa shape index (κ2) is 12.1. The molecule has 0 saturated carbocycles. The van der Waals surface area contributed by atoms with Gasteiger partial charge in [0.05, 0.1) is 10.5 Å².